The molecule has 1 aromatic carbocycles. The van der Waals surface area contributed by atoms with Gasteiger partial charge >= 0.3 is 0 Å². The normalized spacial score (nSPS) is 24.3. The van der Waals surface area contributed by atoms with Gasteiger partial charge in [0.1, 0.15) is 0 Å². The van der Waals surface area contributed by atoms with Crippen molar-refractivity contribution >= 4 is 11.8 Å². The van der Waals surface area contributed by atoms with Crippen molar-refractivity contribution in [2.45, 2.75) is 49.7 Å². The zero-order valence-corrected chi connectivity index (χ0v) is 15.7. The minimum Gasteiger partial charge on any atom is -0.367 e. The van der Waals surface area contributed by atoms with Gasteiger partial charge in [-0.05, 0) is 75.9 Å². The number of nitrogens with two attached hydrogens (primary N) is 1. The third-order valence-electron chi connectivity index (χ3n) is 5.57. The molecule has 2 unspecified atom stereocenters. The van der Waals surface area contributed by atoms with Gasteiger partial charge in [0.15, 0.2) is 6.10 Å². The summed E-state index contributed by atoms with van der Waals surface area (Å²) in [6.45, 7) is 1.57. The summed E-state index contributed by atoms with van der Waals surface area (Å²) in [6, 6.07) is 7.54. The first-order valence-electron chi connectivity index (χ1n) is 9.38. The van der Waals surface area contributed by atoms with Gasteiger partial charge in [0, 0.05) is 12.2 Å². The monoisotopic (exact) mass is 359 g/mol. The summed E-state index contributed by atoms with van der Waals surface area (Å²) in [7, 11) is 4.19. The van der Waals surface area contributed by atoms with Crippen molar-refractivity contribution < 1.29 is 14.3 Å². The zero-order chi connectivity index (χ0) is 18.7. The number of rotatable bonds is 7. The summed E-state index contributed by atoms with van der Waals surface area (Å²) < 4.78 is 5.41. The number of ether oxygens (including phenoxy) is 1. The maximum Gasteiger partial charge on any atom is 0.251 e. The van der Waals surface area contributed by atoms with Gasteiger partial charge in [-0.3, -0.25) is 9.59 Å². The maximum atomic E-state index is 12.5. The third kappa shape index (κ3) is 4.24. The Balaban J connectivity index is 1.63. The highest BCUT2D eigenvalue weighted by Gasteiger charge is 2.43. The Kier molecular flexibility index (Phi) is 5.63. The summed E-state index contributed by atoms with van der Waals surface area (Å²) >= 11 is 0. The molecule has 0 aromatic heterocycles. The van der Waals surface area contributed by atoms with E-state index in [1.165, 1.54) is 18.4 Å². The smallest absolute Gasteiger partial charge is 0.251 e. The molecule has 6 heteroatoms. The Bertz CT molecular complexity index is 653. The molecular weight excluding hydrogens is 330 g/mol. The molecule has 2 aliphatic rings. The van der Waals surface area contributed by atoms with Crippen LogP contribution < -0.4 is 11.1 Å². The van der Waals surface area contributed by atoms with Crippen LogP contribution in [0.5, 0.6) is 0 Å². The van der Waals surface area contributed by atoms with E-state index < -0.39 is 12.0 Å². The quantitative estimate of drug-likeness (QED) is 0.771. The van der Waals surface area contributed by atoms with Gasteiger partial charge < -0.3 is 20.7 Å². The van der Waals surface area contributed by atoms with Crippen molar-refractivity contribution in [3.63, 3.8) is 0 Å². The summed E-state index contributed by atoms with van der Waals surface area (Å²) in [6.07, 6.45) is 4.34. The zero-order valence-electron chi connectivity index (χ0n) is 15.7. The van der Waals surface area contributed by atoms with Gasteiger partial charge in [0.2, 0.25) is 5.91 Å². The molecule has 3 N–H and O–H groups in total. The molecule has 0 bridgehead atoms. The van der Waals surface area contributed by atoms with Gasteiger partial charge in [-0.15, -0.1) is 0 Å². The maximum absolute atomic E-state index is 12.5. The summed E-state index contributed by atoms with van der Waals surface area (Å²) in [5, 5.41) is 2.91. The third-order valence-corrected chi connectivity index (χ3v) is 5.57. The minimum atomic E-state index is -0.743. The van der Waals surface area contributed by atoms with E-state index in [1.54, 1.807) is 0 Å². The van der Waals surface area contributed by atoms with Crippen molar-refractivity contribution in [2.75, 3.05) is 27.2 Å². The molecule has 1 aromatic rings. The molecule has 1 aliphatic carbocycles. The Morgan fingerprint density at radius 3 is 2.54 bits per heavy atom. The number of hydrogen-bond acceptors (Lipinski definition) is 4. The molecule has 26 heavy (non-hydrogen) atoms. The Labute approximate surface area is 155 Å². The van der Waals surface area contributed by atoms with Crippen LogP contribution in [0, 0.1) is 0 Å². The lowest BCUT2D eigenvalue weighted by atomic mass is 9.91. The van der Waals surface area contributed by atoms with Crippen molar-refractivity contribution in [2.24, 2.45) is 5.73 Å². The number of primary amides is 1. The number of nitrogens with one attached hydrogen (secondary N) is 1. The lowest BCUT2D eigenvalue weighted by Gasteiger charge is -2.30. The van der Waals surface area contributed by atoms with Gasteiger partial charge in [0.25, 0.3) is 5.91 Å². The standard InChI is InChI=1S/C20H29N3O3/c1-23(2)12-11-20(9-10-20)15-7-5-14(6-8-15)19(25)22-16-4-3-13-26-17(16)18(21)24/h5-8,16-17H,3-4,9-13H2,1-2H3,(H2,21,24)(H,22,25). The summed E-state index contributed by atoms with van der Waals surface area (Å²) in [4.78, 5) is 26.3. The van der Waals surface area contributed by atoms with Crippen LogP contribution in [0.3, 0.4) is 0 Å². The van der Waals surface area contributed by atoms with Crippen molar-refractivity contribution in [3.8, 4) is 0 Å². The van der Waals surface area contributed by atoms with E-state index in [2.05, 4.69) is 36.4 Å². The van der Waals surface area contributed by atoms with Crippen molar-refractivity contribution in [3.05, 3.63) is 35.4 Å². The Morgan fingerprint density at radius 1 is 1.27 bits per heavy atom. The molecule has 2 amide bonds. The highest BCUT2D eigenvalue weighted by molar-refractivity contribution is 5.95. The summed E-state index contributed by atoms with van der Waals surface area (Å²) in [5.74, 6) is -0.710. The molecule has 0 radical (unpaired) electrons. The second-order valence-electron chi connectivity index (χ2n) is 7.83. The Morgan fingerprint density at radius 2 is 1.96 bits per heavy atom. The molecule has 1 heterocycles. The molecule has 2 atom stereocenters. The first kappa shape index (κ1) is 18.9. The first-order chi connectivity index (χ1) is 12.4. The van der Waals surface area contributed by atoms with E-state index >= 15 is 0 Å². The molecule has 0 spiro atoms. The number of carbonyl (C=O) groups is 2. The van der Waals surface area contributed by atoms with E-state index in [0.29, 0.717) is 18.6 Å². The molecule has 6 nitrogen and oxygen atoms in total. The largest absolute Gasteiger partial charge is 0.367 e. The van der Waals surface area contributed by atoms with Gasteiger partial charge in [-0.2, -0.15) is 0 Å². The average molecular weight is 359 g/mol. The fourth-order valence-electron chi connectivity index (χ4n) is 3.71. The molecular formula is C20H29N3O3. The van der Waals surface area contributed by atoms with E-state index in [-0.39, 0.29) is 17.4 Å². The van der Waals surface area contributed by atoms with Crippen LogP contribution in [0.15, 0.2) is 24.3 Å². The predicted molar refractivity (Wildman–Crippen MR) is 99.9 cm³/mol. The van der Waals surface area contributed by atoms with Crippen molar-refractivity contribution in [1.82, 2.24) is 10.2 Å². The van der Waals surface area contributed by atoms with Crippen molar-refractivity contribution in [1.29, 1.82) is 0 Å². The fourth-order valence-corrected chi connectivity index (χ4v) is 3.71. The molecule has 3 rings (SSSR count). The van der Waals surface area contributed by atoms with E-state index in [9.17, 15) is 9.59 Å². The van der Waals surface area contributed by atoms with Gasteiger partial charge in [-0.1, -0.05) is 12.1 Å². The van der Waals surface area contributed by atoms with Crippen LogP contribution in [0.1, 0.15) is 48.0 Å². The van der Waals surface area contributed by atoms with E-state index in [0.717, 1.165) is 19.4 Å². The van der Waals surface area contributed by atoms with Crippen LogP contribution in [0.2, 0.25) is 0 Å². The molecule has 1 saturated carbocycles. The lowest BCUT2D eigenvalue weighted by Crippen LogP contribution is -2.52. The highest BCUT2D eigenvalue weighted by atomic mass is 16.5. The number of carbonyl (C=O) groups excluding carboxylic acids is 2. The second kappa shape index (κ2) is 7.76. The van der Waals surface area contributed by atoms with Crippen LogP contribution in [0.4, 0.5) is 0 Å². The number of hydrogen-bond donors (Lipinski definition) is 2. The predicted octanol–water partition coefficient (Wildman–Crippen LogP) is 1.43. The van der Waals surface area contributed by atoms with Crippen LogP contribution in [-0.2, 0) is 14.9 Å². The first-order valence-corrected chi connectivity index (χ1v) is 9.38. The van der Waals surface area contributed by atoms with E-state index in [1.807, 2.05) is 12.1 Å². The topological polar surface area (TPSA) is 84.7 Å². The molecule has 1 saturated heterocycles. The fraction of sp³-hybridized carbons (Fsp3) is 0.600. The highest BCUT2D eigenvalue weighted by Crippen LogP contribution is 2.51. The Hall–Kier alpha value is -1.92. The number of nitrogens with zero attached hydrogens (tertiary/aromatic N) is 1. The molecule has 1 aliphatic heterocycles. The van der Waals surface area contributed by atoms with Gasteiger partial charge in [-0.25, -0.2) is 0 Å². The molecule has 142 valence electrons. The second-order valence-corrected chi connectivity index (χ2v) is 7.83. The SMILES string of the molecule is CN(C)CCC1(c2ccc(C(=O)NC3CCCOC3C(N)=O)cc2)CC1. The van der Waals surface area contributed by atoms with Crippen LogP contribution >= 0.6 is 0 Å². The lowest BCUT2D eigenvalue weighted by molar-refractivity contribution is -0.134. The number of amides is 2. The van der Waals surface area contributed by atoms with Gasteiger partial charge in [0.05, 0.1) is 6.04 Å². The van der Waals surface area contributed by atoms with E-state index in [4.69, 9.17) is 10.5 Å². The minimum absolute atomic E-state index is 0.184. The van der Waals surface area contributed by atoms with Crippen LogP contribution in [-0.4, -0.2) is 56.1 Å². The molecule has 2 fully saturated rings. The van der Waals surface area contributed by atoms with Crippen LogP contribution in [0.25, 0.3) is 0 Å². The average Bonchev–Trinajstić information content (AvgIpc) is 3.41. The summed E-state index contributed by atoms with van der Waals surface area (Å²) in [5.41, 5.74) is 7.58. The number of benzene rings is 1.